The van der Waals surface area contributed by atoms with E-state index >= 15 is 0 Å². The minimum Gasteiger partial charge on any atom is -0.349 e. The van der Waals surface area contributed by atoms with Gasteiger partial charge in [0.1, 0.15) is 17.4 Å². The average molecular weight is 294 g/mol. The summed E-state index contributed by atoms with van der Waals surface area (Å²) in [5, 5.41) is 0. The molecule has 0 amide bonds. The van der Waals surface area contributed by atoms with Gasteiger partial charge < -0.3 is 4.98 Å². The zero-order chi connectivity index (χ0) is 11.7. The maximum Gasteiger partial charge on any atom is 0.137 e. The number of imidazole rings is 1. The Bertz CT molecular complexity index is 290. The molecular weight excluding hydrogens is 279 g/mol. The van der Waals surface area contributed by atoms with Crippen molar-refractivity contribution in [2.45, 2.75) is 26.7 Å². The Kier molecular flexibility index (Phi) is 12.0. The fraction of sp³-hybridized carbons (Fsp3) is 0.500. The van der Waals surface area contributed by atoms with Crippen molar-refractivity contribution in [3.8, 4) is 0 Å². The van der Waals surface area contributed by atoms with Gasteiger partial charge in [0.25, 0.3) is 0 Å². The van der Waals surface area contributed by atoms with Crippen LogP contribution in [0.3, 0.4) is 0 Å². The maximum absolute atomic E-state index is 10.0. The number of aromatic nitrogens is 2. The van der Waals surface area contributed by atoms with Crippen molar-refractivity contribution in [1.29, 1.82) is 0 Å². The molecule has 1 aromatic rings. The van der Waals surface area contributed by atoms with Crippen LogP contribution in [0, 0.1) is 0 Å². The van der Waals surface area contributed by atoms with Gasteiger partial charge in [0.2, 0.25) is 0 Å². The number of Topliss-reactive ketones (excluding diaryl/α,β-unsaturated/α-hetero) is 2. The van der Waals surface area contributed by atoms with E-state index in [1.54, 1.807) is 12.4 Å². The van der Waals surface area contributed by atoms with Gasteiger partial charge in [-0.05, 0) is 13.8 Å². The smallest absolute Gasteiger partial charge is 0.137 e. The topological polar surface area (TPSA) is 62.8 Å². The second-order valence-electron chi connectivity index (χ2n) is 3.06. The summed E-state index contributed by atoms with van der Waals surface area (Å²) in [6.07, 6.45) is 4.43. The Morgan fingerprint density at radius 1 is 1.38 bits per heavy atom. The van der Waals surface area contributed by atoms with Gasteiger partial charge in [-0.15, -0.1) is 11.6 Å². The summed E-state index contributed by atoms with van der Waals surface area (Å²) in [4.78, 5) is 27.0. The molecular formula is C10H15ClCuN2O2. The van der Waals surface area contributed by atoms with Crippen molar-refractivity contribution in [3.63, 3.8) is 0 Å². The SMILES string of the molecule is CC(=O)CC(C)=O.ClCCc1ncc[nH]1.[Cu]. The van der Waals surface area contributed by atoms with E-state index in [0.717, 1.165) is 12.2 Å². The molecule has 0 aliphatic heterocycles. The van der Waals surface area contributed by atoms with Crippen molar-refractivity contribution in [3.05, 3.63) is 18.2 Å². The van der Waals surface area contributed by atoms with E-state index in [1.807, 2.05) is 0 Å². The Hall–Kier alpha value is -0.641. The number of carbonyl (C=O) groups is 2. The van der Waals surface area contributed by atoms with Crippen molar-refractivity contribution in [1.82, 2.24) is 9.97 Å². The molecule has 1 aromatic heterocycles. The zero-order valence-corrected chi connectivity index (χ0v) is 10.9. The van der Waals surface area contributed by atoms with Gasteiger partial charge in [0.15, 0.2) is 0 Å². The van der Waals surface area contributed by atoms with E-state index < -0.39 is 0 Å². The van der Waals surface area contributed by atoms with Crippen LogP contribution < -0.4 is 0 Å². The summed E-state index contributed by atoms with van der Waals surface area (Å²) < 4.78 is 0. The first-order chi connectivity index (χ1) is 7.06. The van der Waals surface area contributed by atoms with Crippen LogP contribution >= 0.6 is 11.6 Å². The number of H-pyrrole nitrogens is 1. The molecule has 0 fully saturated rings. The zero-order valence-electron chi connectivity index (χ0n) is 9.22. The van der Waals surface area contributed by atoms with E-state index in [4.69, 9.17) is 11.6 Å². The normalized spacial score (nSPS) is 8.44. The van der Waals surface area contributed by atoms with Crippen LogP contribution in [-0.4, -0.2) is 27.4 Å². The predicted octanol–water partition coefficient (Wildman–Crippen LogP) is 1.74. The van der Waals surface area contributed by atoms with E-state index in [2.05, 4.69) is 9.97 Å². The molecule has 4 nitrogen and oxygen atoms in total. The van der Waals surface area contributed by atoms with Crippen LogP contribution in [0.25, 0.3) is 0 Å². The second-order valence-corrected chi connectivity index (χ2v) is 3.43. The van der Waals surface area contributed by atoms with Crippen molar-refractivity contribution in [2.24, 2.45) is 0 Å². The number of aryl methyl sites for hydroxylation is 1. The fourth-order valence-electron chi connectivity index (χ4n) is 0.875. The Labute approximate surface area is 111 Å². The molecule has 16 heavy (non-hydrogen) atoms. The third kappa shape index (κ3) is 11.4. The Morgan fingerprint density at radius 3 is 2.19 bits per heavy atom. The molecule has 1 heterocycles. The molecule has 0 aliphatic carbocycles. The van der Waals surface area contributed by atoms with E-state index in [9.17, 15) is 9.59 Å². The number of ketones is 2. The number of hydrogen-bond acceptors (Lipinski definition) is 3. The summed E-state index contributed by atoms with van der Waals surface area (Å²) in [5.41, 5.74) is 0. The molecule has 0 aromatic carbocycles. The van der Waals surface area contributed by atoms with Crippen LogP contribution in [0.4, 0.5) is 0 Å². The van der Waals surface area contributed by atoms with Crippen LogP contribution in [0.2, 0.25) is 0 Å². The van der Waals surface area contributed by atoms with Gasteiger partial charge in [-0.2, -0.15) is 0 Å². The van der Waals surface area contributed by atoms with E-state index in [-0.39, 0.29) is 35.1 Å². The second kappa shape index (κ2) is 10.9. The van der Waals surface area contributed by atoms with E-state index in [0.29, 0.717) is 5.88 Å². The molecule has 1 N–H and O–H groups in total. The first-order valence-corrected chi connectivity index (χ1v) is 5.12. The molecule has 1 radical (unpaired) electrons. The number of alkyl halides is 1. The van der Waals surface area contributed by atoms with Gasteiger partial charge >= 0.3 is 0 Å². The molecule has 0 bridgehead atoms. The molecule has 0 spiro atoms. The predicted molar refractivity (Wildman–Crippen MR) is 59.0 cm³/mol. The van der Waals surface area contributed by atoms with Gasteiger partial charge in [-0.3, -0.25) is 9.59 Å². The van der Waals surface area contributed by atoms with Crippen molar-refractivity contribution < 1.29 is 26.7 Å². The van der Waals surface area contributed by atoms with Gasteiger partial charge in [-0.25, -0.2) is 4.98 Å². The molecule has 6 heteroatoms. The van der Waals surface area contributed by atoms with Gasteiger partial charge in [0.05, 0.1) is 6.42 Å². The fourth-order valence-corrected chi connectivity index (χ4v) is 1.05. The molecule has 0 saturated carbocycles. The molecule has 0 saturated heterocycles. The monoisotopic (exact) mass is 293 g/mol. The van der Waals surface area contributed by atoms with E-state index in [1.165, 1.54) is 13.8 Å². The number of hydrogen-bond donors (Lipinski definition) is 1. The number of halogens is 1. The number of aromatic amines is 1. The molecule has 1 rings (SSSR count). The van der Waals surface area contributed by atoms with Gasteiger partial charge in [0, 0.05) is 41.8 Å². The molecule has 0 atom stereocenters. The average Bonchev–Trinajstić information content (AvgIpc) is 2.55. The molecule has 0 aliphatic rings. The van der Waals surface area contributed by atoms with Crippen LogP contribution in [-0.2, 0) is 33.1 Å². The summed E-state index contributed by atoms with van der Waals surface area (Å²) >= 11 is 5.43. The van der Waals surface area contributed by atoms with Crippen molar-refractivity contribution in [2.75, 3.05) is 5.88 Å². The molecule has 0 unspecified atom stereocenters. The minimum absolute atomic E-state index is 0. The maximum atomic E-state index is 10.0. The summed E-state index contributed by atoms with van der Waals surface area (Å²) in [6.45, 7) is 2.81. The summed E-state index contributed by atoms with van der Waals surface area (Å²) in [5.74, 6) is 1.47. The number of rotatable bonds is 4. The molecule has 95 valence electrons. The van der Waals surface area contributed by atoms with Gasteiger partial charge in [-0.1, -0.05) is 0 Å². The summed E-state index contributed by atoms with van der Waals surface area (Å²) in [7, 11) is 0. The number of nitrogens with zero attached hydrogens (tertiary/aromatic N) is 1. The first kappa shape index (κ1) is 17.7. The number of carbonyl (C=O) groups excluding carboxylic acids is 2. The third-order valence-corrected chi connectivity index (χ3v) is 1.57. The third-order valence-electron chi connectivity index (χ3n) is 1.38. The quantitative estimate of drug-likeness (QED) is 0.523. The largest absolute Gasteiger partial charge is 0.349 e. The Balaban J connectivity index is 0. The van der Waals surface area contributed by atoms with Crippen molar-refractivity contribution >= 4 is 23.2 Å². The standard InChI is InChI=1S/C5H7ClN2.C5H8O2.Cu/c6-2-1-5-7-3-4-8-5;1-4(6)3-5(2)7;/h3-4H,1-2H2,(H,7,8);3H2,1-2H3;. The van der Waals surface area contributed by atoms with Crippen LogP contribution in [0.15, 0.2) is 12.4 Å². The van der Waals surface area contributed by atoms with Crippen LogP contribution in [0.1, 0.15) is 26.1 Å². The summed E-state index contributed by atoms with van der Waals surface area (Å²) in [6, 6.07) is 0. The minimum atomic E-state index is -0.0625. The first-order valence-electron chi connectivity index (χ1n) is 4.59. The van der Waals surface area contributed by atoms with Crippen LogP contribution in [0.5, 0.6) is 0 Å². The Morgan fingerprint density at radius 2 is 1.94 bits per heavy atom. The number of nitrogens with one attached hydrogen (secondary N) is 1.